The average molecular weight is 368 g/mol. The lowest BCUT2D eigenvalue weighted by Gasteiger charge is -2.30. The standard InChI is InChI=1S/C20H28N6O/c1-14-21-13-16(27-14)9-12-25-10-7-15(8-11-25)19-23-22-18-6-5-17(20(2,3)4)24-26(18)19/h5-6,13,15H,7-12H2,1-4H3. The molecule has 144 valence electrons. The first-order valence-corrected chi connectivity index (χ1v) is 9.76. The van der Waals surface area contributed by atoms with Crippen molar-refractivity contribution in [3.05, 3.63) is 41.5 Å². The Kier molecular flexibility index (Phi) is 4.72. The van der Waals surface area contributed by atoms with Crippen LogP contribution >= 0.6 is 0 Å². The molecule has 0 aromatic carbocycles. The maximum Gasteiger partial charge on any atom is 0.191 e. The molecule has 1 aliphatic heterocycles. The number of nitrogens with zero attached hydrogens (tertiary/aromatic N) is 6. The van der Waals surface area contributed by atoms with Crippen LogP contribution in [0.25, 0.3) is 5.65 Å². The Morgan fingerprint density at radius 2 is 1.93 bits per heavy atom. The average Bonchev–Trinajstić information content (AvgIpc) is 3.25. The van der Waals surface area contributed by atoms with E-state index in [-0.39, 0.29) is 5.41 Å². The highest BCUT2D eigenvalue weighted by Gasteiger charge is 2.26. The van der Waals surface area contributed by atoms with Crippen molar-refractivity contribution in [3.8, 4) is 0 Å². The van der Waals surface area contributed by atoms with Crippen molar-refractivity contribution in [1.82, 2.24) is 29.7 Å². The Hall–Kier alpha value is -2.28. The number of hydrogen-bond donors (Lipinski definition) is 0. The van der Waals surface area contributed by atoms with Crippen LogP contribution in [-0.4, -0.2) is 49.3 Å². The third-order valence-electron chi connectivity index (χ3n) is 5.35. The molecule has 7 nitrogen and oxygen atoms in total. The molecule has 0 aliphatic carbocycles. The van der Waals surface area contributed by atoms with Gasteiger partial charge in [0.15, 0.2) is 17.4 Å². The molecule has 0 spiro atoms. The van der Waals surface area contributed by atoms with Crippen LogP contribution in [0.2, 0.25) is 0 Å². The smallest absolute Gasteiger partial charge is 0.191 e. The second-order valence-corrected chi connectivity index (χ2v) is 8.51. The lowest BCUT2D eigenvalue weighted by Crippen LogP contribution is -2.35. The van der Waals surface area contributed by atoms with Gasteiger partial charge < -0.3 is 9.32 Å². The summed E-state index contributed by atoms with van der Waals surface area (Å²) >= 11 is 0. The van der Waals surface area contributed by atoms with Gasteiger partial charge in [0.2, 0.25) is 0 Å². The molecule has 1 aliphatic rings. The monoisotopic (exact) mass is 368 g/mol. The fourth-order valence-corrected chi connectivity index (χ4v) is 3.66. The fraction of sp³-hybridized carbons (Fsp3) is 0.600. The molecular formula is C20H28N6O. The summed E-state index contributed by atoms with van der Waals surface area (Å²) in [5.74, 6) is 3.12. The van der Waals surface area contributed by atoms with E-state index in [1.807, 2.05) is 23.7 Å². The molecule has 3 aromatic rings. The van der Waals surface area contributed by atoms with Gasteiger partial charge in [-0.15, -0.1) is 10.2 Å². The zero-order chi connectivity index (χ0) is 19.0. The molecule has 1 saturated heterocycles. The highest BCUT2D eigenvalue weighted by molar-refractivity contribution is 5.37. The molecular weight excluding hydrogens is 340 g/mol. The fourth-order valence-electron chi connectivity index (χ4n) is 3.66. The van der Waals surface area contributed by atoms with Gasteiger partial charge >= 0.3 is 0 Å². The highest BCUT2D eigenvalue weighted by atomic mass is 16.3. The molecule has 0 radical (unpaired) electrons. The quantitative estimate of drug-likeness (QED) is 0.704. The number of aryl methyl sites for hydroxylation is 1. The summed E-state index contributed by atoms with van der Waals surface area (Å²) in [5.41, 5.74) is 1.91. The Morgan fingerprint density at radius 3 is 2.59 bits per heavy atom. The number of aromatic nitrogens is 5. The molecule has 27 heavy (non-hydrogen) atoms. The van der Waals surface area contributed by atoms with Crippen molar-refractivity contribution < 1.29 is 4.42 Å². The van der Waals surface area contributed by atoms with Gasteiger partial charge in [-0.05, 0) is 38.1 Å². The van der Waals surface area contributed by atoms with Gasteiger partial charge in [-0.1, -0.05) is 20.8 Å². The molecule has 0 saturated carbocycles. The minimum Gasteiger partial charge on any atom is -0.446 e. The van der Waals surface area contributed by atoms with Crippen LogP contribution in [0.4, 0.5) is 0 Å². The van der Waals surface area contributed by atoms with E-state index in [9.17, 15) is 0 Å². The Morgan fingerprint density at radius 1 is 1.15 bits per heavy atom. The van der Waals surface area contributed by atoms with Gasteiger partial charge in [-0.25, -0.2) is 4.98 Å². The van der Waals surface area contributed by atoms with Crippen LogP contribution in [0.1, 0.15) is 62.7 Å². The summed E-state index contributed by atoms with van der Waals surface area (Å²) in [7, 11) is 0. The van der Waals surface area contributed by atoms with E-state index in [1.54, 1.807) is 0 Å². The molecule has 7 heteroatoms. The summed E-state index contributed by atoms with van der Waals surface area (Å²) in [4.78, 5) is 6.66. The summed E-state index contributed by atoms with van der Waals surface area (Å²) in [6.07, 6.45) is 4.91. The lowest BCUT2D eigenvalue weighted by atomic mass is 9.92. The second kappa shape index (κ2) is 7.03. The van der Waals surface area contributed by atoms with E-state index in [0.717, 1.165) is 67.7 Å². The highest BCUT2D eigenvalue weighted by Crippen LogP contribution is 2.28. The topological polar surface area (TPSA) is 72.4 Å². The van der Waals surface area contributed by atoms with Gasteiger partial charge in [0.25, 0.3) is 0 Å². The Bertz CT molecular complexity index is 914. The largest absolute Gasteiger partial charge is 0.446 e. The van der Waals surface area contributed by atoms with Crippen molar-refractivity contribution in [2.45, 2.75) is 58.3 Å². The number of oxazole rings is 1. The molecule has 0 amide bonds. The van der Waals surface area contributed by atoms with Crippen LogP contribution < -0.4 is 0 Å². The van der Waals surface area contributed by atoms with Gasteiger partial charge in [0.05, 0.1) is 11.9 Å². The van der Waals surface area contributed by atoms with Crippen molar-refractivity contribution >= 4 is 5.65 Å². The van der Waals surface area contributed by atoms with Crippen molar-refractivity contribution in [1.29, 1.82) is 0 Å². The second-order valence-electron chi connectivity index (χ2n) is 8.51. The molecule has 4 rings (SSSR count). The van der Waals surface area contributed by atoms with Crippen molar-refractivity contribution in [3.63, 3.8) is 0 Å². The van der Waals surface area contributed by atoms with E-state index in [0.29, 0.717) is 5.92 Å². The van der Waals surface area contributed by atoms with Crippen LogP contribution in [0.5, 0.6) is 0 Å². The molecule has 3 aromatic heterocycles. The SMILES string of the molecule is Cc1ncc(CCN2CCC(c3nnc4ccc(C(C)(C)C)nn34)CC2)o1. The summed E-state index contributed by atoms with van der Waals surface area (Å²) in [6.45, 7) is 11.6. The van der Waals surface area contributed by atoms with Gasteiger partial charge in [-0.2, -0.15) is 9.61 Å². The zero-order valence-electron chi connectivity index (χ0n) is 16.6. The summed E-state index contributed by atoms with van der Waals surface area (Å²) in [6, 6.07) is 4.08. The van der Waals surface area contributed by atoms with E-state index >= 15 is 0 Å². The molecule has 4 heterocycles. The molecule has 0 N–H and O–H groups in total. The number of piperidine rings is 1. The Labute approximate surface area is 159 Å². The number of rotatable bonds is 4. The maximum atomic E-state index is 5.57. The summed E-state index contributed by atoms with van der Waals surface area (Å²) < 4.78 is 7.53. The van der Waals surface area contributed by atoms with E-state index < -0.39 is 0 Å². The first kappa shape index (κ1) is 18.1. The van der Waals surface area contributed by atoms with Crippen LogP contribution in [0.3, 0.4) is 0 Å². The third kappa shape index (κ3) is 3.88. The van der Waals surface area contributed by atoms with E-state index in [4.69, 9.17) is 9.52 Å². The number of likely N-dealkylation sites (tertiary alicyclic amines) is 1. The van der Waals surface area contributed by atoms with Gasteiger partial charge in [0, 0.05) is 31.2 Å². The van der Waals surface area contributed by atoms with Crippen LogP contribution in [0.15, 0.2) is 22.7 Å². The van der Waals surface area contributed by atoms with Crippen molar-refractivity contribution in [2.75, 3.05) is 19.6 Å². The lowest BCUT2D eigenvalue weighted by molar-refractivity contribution is 0.207. The molecule has 0 atom stereocenters. The molecule has 0 bridgehead atoms. The van der Waals surface area contributed by atoms with Gasteiger partial charge in [-0.3, -0.25) is 0 Å². The zero-order valence-corrected chi connectivity index (χ0v) is 16.6. The normalized spacial score (nSPS) is 17.0. The van der Waals surface area contributed by atoms with Crippen molar-refractivity contribution in [2.24, 2.45) is 0 Å². The first-order valence-electron chi connectivity index (χ1n) is 9.76. The number of hydrogen-bond acceptors (Lipinski definition) is 6. The molecule has 1 fully saturated rings. The first-order chi connectivity index (χ1) is 12.9. The van der Waals surface area contributed by atoms with E-state index in [2.05, 4.69) is 46.9 Å². The maximum absolute atomic E-state index is 5.57. The predicted molar refractivity (Wildman–Crippen MR) is 103 cm³/mol. The van der Waals surface area contributed by atoms with Gasteiger partial charge in [0.1, 0.15) is 5.76 Å². The number of fused-ring (bicyclic) bond motifs is 1. The molecule has 0 unspecified atom stereocenters. The minimum absolute atomic E-state index is 0.0121. The summed E-state index contributed by atoms with van der Waals surface area (Å²) in [5, 5.41) is 13.6. The minimum atomic E-state index is 0.0121. The van der Waals surface area contributed by atoms with E-state index in [1.165, 1.54) is 0 Å². The van der Waals surface area contributed by atoms with Crippen LogP contribution in [-0.2, 0) is 11.8 Å². The Balaban J connectivity index is 1.42. The predicted octanol–water partition coefficient (Wildman–Crippen LogP) is 3.14. The van der Waals surface area contributed by atoms with Crippen LogP contribution in [0, 0.1) is 6.92 Å². The third-order valence-corrected chi connectivity index (χ3v) is 5.35.